The van der Waals surface area contributed by atoms with Crippen LogP contribution < -0.4 is 10.1 Å². The van der Waals surface area contributed by atoms with E-state index in [2.05, 4.69) is 27.1 Å². The summed E-state index contributed by atoms with van der Waals surface area (Å²) in [5, 5.41) is 4.35. The molecule has 0 aliphatic carbocycles. The molecule has 0 bridgehead atoms. The van der Waals surface area contributed by atoms with E-state index in [-0.39, 0.29) is 0 Å². The number of benzene rings is 3. The van der Waals surface area contributed by atoms with Crippen LogP contribution in [0.1, 0.15) is 24.5 Å². The highest BCUT2D eigenvalue weighted by molar-refractivity contribution is 5.91. The Morgan fingerprint density at radius 2 is 1.83 bits per heavy atom. The van der Waals surface area contributed by atoms with E-state index in [1.165, 1.54) is 0 Å². The van der Waals surface area contributed by atoms with Gasteiger partial charge in [0.05, 0.1) is 5.52 Å². The summed E-state index contributed by atoms with van der Waals surface area (Å²) in [6, 6.07) is 21.8. The molecule has 4 aromatic rings. The van der Waals surface area contributed by atoms with Gasteiger partial charge in [0.25, 0.3) is 0 Å². The lowest BCUT2D eigenvalue weighted by molar-refractivity contribution is 0.479. The maximum absolute atomic E-state index is 5.97. The fourth-order valence-electron chi connectivity index (χ4n) is 3.02. The zero-order valence-electron chi connectivity index (χ0n) is 16.4. The number of hydrogen-bond donors (Lipinski definition) is 1. The van der Waals surface area contributed by atoms with Gasteiger partial charge in [0.15, 0.2) is 0 Å². The fourth-order valence-corrected chi connectivity index (χ4v) is 3.02. The summed E-state index contributed by atoms with van der Waals surface area (Å²) in [4.78, 5) is 8.81. The number of hydrogen-bond acceptors (Lipinski definition) is 4. The Hall–Kier alpha value is -3.84. The van der Waals surface area contributed by atoms with E-state index in [0.29, 0.717) is 0 Å². The van der Waals surface area contributed by atoms with Crippen molar-refractivity contribution in [1.82, 2.24) is 9.97 Å². The molecule has 1 aromatic heterocycles. The SMILES string of the molecule is CCC#Cc1ccc2ncnc(Nc3ccc(Oc4ccccc4)c(C)c3)c2c1. The van der Waals surface area contributed by atoms with E-state index in [9.17, 15) is 0 Å². The van der Waals surface area contributed by atoms with Crippen molar-refractivity contribution in [3.05, 3.63) is 84.2 Å². The fraction of sp³-hybridized carbons (Fsp3) is 0.120. The third-order valence-electron chi connectivity index (χ3n) is 4.45. The lowest BCUT2D eigenvalue weighted by Gasteiger charge is -2.12. The molecule has 0 amide bonds. The molecule has 4 nitrogen and oxygen atoms in total. The van der Waals surface area contributed by atoms with Crippen molar-refractivity contribution < 1.29 is 4.74 Å². The second-order valence-corrected chi connectivity index (χ2v) is 6.63. The zero-order chi connectivity index (χ0) is 20.1. The van der Waals surface area contributed by atoms with Crippen molar-refractivity contribution in [2.24, 2.45) is 0 Å². The number of para-hydroxylation sites is 1. The Bertz CT molecular complexity index is 1210. The molecule has 0 atom stereocenters. The van der Waals surface area contributed by atoms with Crippen LogP contribution in [0.5, 0.6) is 11.5 Å². The predicted octanol–water partition coefficient (Wildman–Crippen LogP) is 6.24. The van der Waals surface area contributed by atoms with Crippen LogP contribution in [0.2, 0.25) is 0 Å². The first-order chi connectivity index (χ1) is 14.2. The van der Waals surface area contributed by atoms with Crippen molar-refractivity contribution in [2.75, 3.05) is 5.32 Å². The van der Waals surface area contributed by atoms with Crippen LogP contribution in [-0.2, 0) is 0 Å². The summed E-state index contributed by atoms with van der Waals surface area (Å²) in [6.45, 7) is 4.07. The quantitative estimate of drug-likeness (QED) is 0.427. The first-order valence-electron chi connectivity index (χ1n) is 9.57. The van der Waals surface area contributed by atoms with Crippen molar-refractivity contribution in [1.29, 1.82) is 0 Å². The molecule has 142 valence electrons. The highest BCUT2D eigenvalue weighted by atomic mass is 16.5. The van der Waals surface area contributed by atoms with E-state index in [1.807, 2.05) is 80.6 Å². The molecule has 0 saturated heterocycles. The van der Waals surface area contributed by atoms with E-state index < -0.39 is 0 Å². The Labute approximate surface area is 170 Å². The van der Waals surface area contributed by atoms with Gasteiger partial charge in [-0.05, 0) is 61.0 Å². The Morgan fingerprint density at radius 1 is 0.966 bits per heavy atom. The minimum Gasteiger partial charge on any atom is -0.457 e. The molecule has 4 rings (SSSR count). The number of aromatic nitrogens is 2. The highest BCUT2D eigenvalue weighted by Gasteiger charge is 2.07. The maximum Gasteiger partial charge on any atom is 0.141 e. The van der Waals surface area contributed by atoms with E-state index >= 15 is 0 Å². The standard InChI is InChI=1S/C25H21N3O/c1-3-4-8-19-11-13-23-22(16-19)25(27-17-26-23)28-20-12-14-24(18(2)15-20)29-21-9-6-5-7-10-21/h5-7,9-17H,3H2,1-2H3,(H,26,27,28). The average Bonchev–Trinajstić information content (AvgIpc) is 2.75. The lowest BCUT2D eigenvalue weighted by Crippen LogP contribution is -1.97. The first kappa shape index (κ1) is 18.5. The van der Waals surface area contributed by atoms with Crippen LogP contribution in [0.15, 0.2) is 73.1 Å². The summed E-state index contributed by atoms with van der Waals surface area (Å²) in [6.07, 6.45) is 2.40. The molecule has 0 fully saturated rings. The van der Waals surface area contributed by atoms with Crippen molar-refractivity contribution in [3.8, 4) is 23.3 Å². The Balaban J connectivity index is 1.62. The van der Waals surface area contributed by atoms with Gasteiger partial charge in [0.2, 0.25) is 0 Å². The van der Waals surface area contributed by atoms with Gasteiger partial charge in [-0.25, -0.2) is 9.97 Å². The van der Waals surface area contributed by atoms with Crippen molar-refractivity contribution in [2.45, 2.75) is 20.3 Å². The number of rotatable bonds is 4. The molecule has 0 radical (unpaired) electrons. The second kappa shape index (κ2) is 8.45. The van der Waals surface area contributed by atoms with Gasteiger partial charge in [-0.2, -0.15) is 0 Å². The van der Waals surface area contributed by atoms with Crippen LogP contribution in [0.4, 0.5) is 11.5 Å². The van der Waals surface area contributed by atoms with Crippen LogP contribution in [0.25, 0.3) is 10.9 Å². The summed E-state index contributed by atoms with van der Waals surface area (Å²) < 4.78 is 5.97. The minimum atomic E-state index is 0.756. The summed E-state index contributed by atoms with van der Waals surface area (Å²) in [5.74, 6) is 8.67. The molecular weight excluding hydrogens is 358 g/mol. The van der Waals surface area contributed by atoms with Crippen LogP contribution in [0, 0.1) is 18.8 Å². The van der Waals surface area contributed by atoms with Gasteiger partial charge < -0.3 is 10.1 Å². The predicted molar refractivity (Wildman–Crippen MR) is 118 cm³/mol. The molecule has 0 unspecified atom stereocenters. The summed E-state index contributed by atoms with van der Waals surface area (Å²) >= 11 is 0. The Kier molecular flexibility index (Phi) is 5.40. The topological polar surface area (TPSA) is 47.0 Å². The Morgan fingerprint density at radius 3 is 2.62 bits per heavy atom. The monoisotopic (exact) mass is 379 g/mol. The zero-order valence-corrected chi connectivity index (χ0v) is 16.4. The van der Waals surface area contributed by atoms with Gasteiger partial charge in [0, 0.05) is 23.1 Å². The van der Waals surface area contributed by atoms with Gasteiger partial charge >= 0.3 is 0 Å². The smallest absolute Gasteiger partial charge is 0.141 e. The van der Waals surface area contributed by atoms with Gasteiger partial charge in [-0.1, -0.05) is 37.0 Å². The number of nitrogens with one attached hydrogen (secondary N) is 1. The van der Waals surface area contributed by atoms with E-state index in [4.69, 9.17) is 4.74 Å². The molecular formula is C25H21N3O. The number of nitrogens with zero attached hydrogens (tertiary/aromatic N) is 2. The molecule has 1 N–H and O–H groups in total. The largest absolute Gasteiger partial charge is 0.457 e. The lowest BCUT2D eigenvalue weighted by atomic mass is 10.1. The van der Waals surface area contributed by atoms with Gasteiger partial charge in [0.1, 0.15) is 23.6 Å². The molecule has 0 spiro atoms. The molecule has 0 aliphatic rings. The van der Waals surface area contributed by atoms with Crippen LogP contribution >= 0.6 is 0 Å². The summed E-state index contributed by atoms with van der Waals surface area (Å²) in [5.41, 5.74) is 3.81. The average molecular weight is 379 g/mol. The third-order valence-corrected chi connectivity index (χ3v) is 4.45. The third kappa shape index (κ3) is 4.36. The molecule has 0 saturated carbocycles. The van der Waals surface area contributed by atoms with E-state index in [0.717, 1.165) is 51.5 Å². The number of anilines is 2. The summed E-state index contributed by atoms with van der Waals surface area (Å²) in [7, 11) is 0. The molecule has 1 heterocycles. The van der Waals surface area contributed by atoms with Crippen molar-refractivity contribution in [3.63, 3.8) is 0 Å². The van der Waals surface area contributed by atoms with Gasteiger partial charge in [-0.3, -0.25) is 0 Å². The van der Waals surface area contributed by atoms with Crippen LogP contribution in [0.3, 0.4) is 0 Å². The van der Waals surface area contributed by atoms with E-state index in [1.54, 1.807) is 6.33 Å². The minimum absolute atomic E-state index is 0.756. The molecule has 0 aliphatic heterocycles. The second-order valence-electron chi connectivity index (χ2n) is 6.63. The highest BCUT2D eigenvalue weighted by Crippen LogP contribution is 2.29. The molecule has 3 aromatic carbocycles. The molecule has 4 heteroatoms. The van der Waals surface area contributed by atoms with Gasteiger partial charge in [-0.15, -0.1) is 0 Å². The first-order valence-corrected chi connectivity index (χ1v) is 9.57. The number of fused-ring (bicyclic) bond motifs is 1. The number of ether oxygens (including phenoxy) is 1. The van der Waals surface area contributed by atoms with Crippen molar-refractivity contribution >= 4 is 22.4 Å². The maximum atomic E-state index is 5.97. The molecule has 29 heavy (non-hydrogen) atoms. The number of aryl methyl sites for hydroxylation is 1. The van der Waals surface area contributed by atoms with Crippen LogP contribution in [-0.4, -0.2) is 9.97 Å². The normalized spacial score (nSPS) is 10.3.